The van der Waals surface area contributed by atoms with Gasteiger partial charge in [0.1, 0.15) is 24.7 Å². The molecule has 0 fully saturated rings. The Morgan fingerprint density at radius 2 is 1.81 bits per heavy atom. The highest BCUT2D eigenvalue weighted by molar-refractivity contribution is 6.30. The lowest BCUT2D eigenvalue weighted by Gasteiger charge is -2.21. The minimum absolute atomic E-state index is 0.505. The van der Waals surface area contributed by atoms with Crippen LogP contribution < -0.4 is 14.8 Å². The minimum atomic E-state index is 0.505. The molecule has 1 aliphatic heterocycles. The molecule has 0 saturated carbocycles. The van der Waals surface area contributed by atoms with Gasteiger partial charge in [0.05, 0.1) is 5.69 Å². The fraction of sp³-hybridized carbons (Fsp3) is 0.294. The molecule has 0 radical (unpaired) electrons. The molecule has 0 aliphatic carbocycles. The lowest BCUT2D eigenvalue weighted by molar-refractivity contribution is 0.217. The van der Waals surface area contributed by atoms with Crippen LogP contribution >= 0.6 is 11.6 Å². The zero-order chi connectivity index (χ0) is 14.5. The van der Waals surface area contributed by atoms with Gasteiger partial charge in [-0.15, -0.1) is 0 Å². The molecule has 3 rings (SSSR count). The molecular weight excluding hydrogens is 286 g/mol. The third-order valence-corrected chi connectivity index (χ3v) is 3.71. The number of fused-ring (bicyclic) bond motifs is 1. The SMILES string of the molecule is Clc1ccc(OCCOc2cccc3c2NCCC3)cc1. The first kappa shape index (κ1) is 14.1. The van der Waals surface area contributed by atoms with E-state index in [0.29, 0.717) is 18.2 Å². The van der Waals surface area contributed by atoms with Gasteiger partial charge in [-0.05, 0) is 48.7 Å². The van der Waals surface area contributed by atoms with E-state index in [1.165, 1.54) is 12.0 Å². The molecule has 2 aromatic carbocycles. The Kier molecular flexibility index (Phi) is 4.51. The Hall–Kier alpha value is -1.87. The van der Waals surface area contributed by atoms with Crippen LogP contribution in [-0.4, -0.2) is 19.8 Å². The van der Waals surface area contributed by atoms with Crippen molar-refractivity contribution in [1.82, 2.24) is 0 Å². The summed E-state index contributed by atoms with van der Waals surface area (Å²) in [5.41, 5.74) is 2.47. The zero-order valence-corrected chi connectivity index (χ0v) is 12.5. The van der Waals surface area contributed by atoms with Crippen molar-refractivity contribution in [2.75, 3.05) is 25.1 Å². The predicted octanol–water partition coefficient (Wildman–Crippen LogP) is 4.16. The lowest BCUT2D eigenvalue weighted by atomic mass is 10.0. The Bertz CT molecular complexity index is 598. The number of para-hydroxylation sites is 1. The minimum Gasteiger partial charge on any atom is -0.490 e. The molecule has 0 bridgehead atoms. The van der Waals surface area contributed by atoms with E-state index in [9.17, 15) is 0 Å². The maximum Gasteiger partial charge on any atom is 0.142 e. The van der Waals surface area contributed by atoms with Gasteiger partial charge in [0.2, 0.25) is 0 Å². The van der Waals surface area contributed by atoms with Gasteiger partial charge in [-0.25, -0.2) is 0 Å². The van der Waals surface area contributed by atoms with E-state index in [-0.39, 0.29) is 0 Å². The Morgan fingerprint density at radius 3 is 2.67 bits per heavy atom. The van der Waals surface area contributed by atoms with E-state index in [4.69, 9.17) is 21.1 Å². The van der Waals surface area contributed by atoms with E-state index in [1.807, 2.05) is 36.4 Å². The average molecular weight is 304 g/mol. The average Bonchev–Trinajstić information content (AvgIpc) is 2.53. The lowest BCUT2D eigenvalue weighted by Crippen LogP contribution is -2.15. The third-order valence-electron chi connectivity index (χ3n) is 3.46. The highest BCUT2D eigenvalue weighted by Crippen LogP contribution is 2.31. The smallest absolute Gasteiger partial charge is 0.142 e. The molecule has 0 saturated heterocycles. The van der Waals surface area contributed by atoms with Crippen LogP contribution in [0.25, 0.3) is 0 Å². The maximum absolute atomic E-state index is 5.84. The number of halogens is 1. The number of anilines is 1. The molecule has 1 N–H and O–H groups in total. The van der Waals surface area contributed by atoms with Gasteiger partial charge in [0, 0.05) is 11.6 Å². The topological polar surface area (TPSA) is 30.5 Å². The van der Waals surface area contributed by atoms with Crippen molar-refractivity contribution in [2.45, 2.75) is 12.8 Å². The Morgan fingerprint density at radius 1 is 1.00 bits per heavy atom. The fourth-order valence-electron chi connectivity index (χ4n) is 2.44. The van der Waals surface area contributed by atoms with Gasteiger partial charge in [-0.1, -0.05) is 23.7 Å². The highest BCUT2D eigenvalue weighted by atomic mass is 35.5. The second-order valence-electron chi connectivity index (χ2n) is 4.97. The molecule has 2 aromatic rings. The summed E-state index contributed by atoms with van der Waals surface area (Å²) in [7, 11) is 0. The van der Waals surface area contributed by atoms with Crippen LogP contribution in [0.15, 0.2) is 42.5 Å². The first-order valence-corrected chi connectivity index (χ1v) is 7.58. The van der Waals surface area contributed by atoms with Gasteiger partial charge in [-0.3, -0.25) is 0 Å². The summed E-state index contributed by atoms with van der Waals surface area (Å²) in [6.07, 6.45) is 2.29. The molecule has 0 unspecified atom stereocenters. The second-order valence-corrected chi connectivity index (χ2v) is 5.41. The van der Waals surface area contributed by atoms with Gasteiger partial charge in [0.15, 0.2) is 0 Å². The van der Waals surface area contributed by atoms with Crippen LogP contribution in [0.1, 0.15) is 12.0 Å². The van der Waals surface area contributed by atoms with Crippen LogP contribution in [0, 0.1) is 0 Å². The van der Waals surface area contributed by atoms with Crippen molar-refractivity contribution in [3.05, 3.63) is 53.1 Å². The molecule has 4 heteroatoms. The molecular formula is C17H18ClNO2. The van der Waals surface area contributed by atoms with Crippen LogP contribution in [0.2, 0.25) is 5.02 Å². The van der Waals surface area contributed by atoms with Gasteiger partial charge < -0.3 is 14.8 Å². The summed E-state index contributed by atoms with van der Waals surface area (Å²) < 4.78 is 11.5. The Labute approximate surface area is 129 Å². The molecule has 110 valence electrons. The summed E-state index contributed by atoms with van der Waals surface area (Å²) in [5, 5.41) is 4.12. The van der Waals surface area contributed by atoms with E-state index in [0.717, 1.165) is 30.2 Å². The predicted molar refractivity (Wildman–Crippen MR) is 85.7 cm³/mol. The van der Waals surface area contributed by atoms with Crippen molar-refractivity contribution in [1.29, 1.82) is 0 Å². The van der Waals surface area contributed by atoms with Gasteiger partial charge in [-0.2, -0.15) is 0 Å². The molecule has 1 heterocycles. The summed E-state index contributed by atoms with van der Waals surface area (Å²) >= 11 is 5.83. The van der Waals surface area contributed by atoms with Crippen LogP contribution in [0.3, 0.4) is 0 Å². The monoisotopic (exact) mass is 303 g/mol. The van der Waals surface area contributed by atoms with Crippen molar-refractivity contribution in [3.63, 3.8) is 0 Å². The van der Waals surface area contributed by atoms with E-state index in [1.54, 1.807) is 0 Å². The van der Waals surface area contributed by atoms with Crippen LogP contribution in [0.4, 0.5) is 5.69 Å². The van der Waals surface area contributed by atoms with Crippen LogP contribution in [-0.2, 0) is 6.42 Å². The highest BCUT2D eigenvalue weighted by Gasteiger charge is 2.12. The van der Waals surface area contributed by atoms with Crippen molar-refractivity contribution >= 4 is 17.3 Å². The molecule has 3 nitrogen and oxygen atoms in total. The number of ether oxygens (including phenoxy) is 2. The summed E-state index contributed by atoms with van der Waals surface area (Å²) in [4.78, 5) is 0. The molecule has 0 atom stereocenters. The molecule has 1 aliphatic rings. The number of nitrogens with one attached hydrogen (secondary N) is 1. The normalized spacial score (nSPS) is 13.2. The standard InChI is InChI=1S/C17H18ClNO2/c18-14-6-8-15(9-7-14)20-11-12-21-16-5-1-3-13-4-2-10-19-17(13)16/h1,3,5-9,19H,2,4,10-12H2. The largest absolute Gasteiger partial charge is 0.490 e. The van der Waals surface area contributed by atoms with E-state index in [2.05, 4.69) is 11.4 Å². The van der Waals surface area contributed by atoms with Gasteiger partial charge in [0.25, 0.3) is 0 Å². The van der Waals surface area contributed by atoms with Crippen LogP contribution in [0.5, 0.6) is 11.5 Å². The Balaban J connectivity index is 1.53. The number of aryl methyl sites for hydroxylation is 1. The molecule has 0 aromatic heterocycles. The number of hydrogen-bond acceptors (Lipinski definition) is 3. The zero-order valence-electron chi connectivity index (χ0n) is 11.8. The number of hydrogen-bond donors (Lipinski definition) is 1. The summed E-state index contributed by atoms with van der Waals surface area (Å²) in [6, 6.07) is 13.5. The summed E-state index contributed by atoms with van der Waals surface area (Å²) in [5.74, 6) is 1.71. The fourth-order valence-corrected chi connectivity index (χ4v) is 2.57. The third kappa shape index (κ3) is 3.61. The number of rotatable bonds is 5. The summed E-state index contributed by atoms with van der Waals surface area (Å²) in [6.45, 7) is 2.03. The van der Waals surface area contributed by atoms with Crippen molar-refractivity contribution < 1.29 is 9.47 Å². The first-order chi connectivity index (χ1) is 10.3. The molecule has 0 amide bonds. The second kappa shape index (κ2) is 6.72. The molecule has 21 heavy (non-hydrogen) atoms. The number of benzene rings is 2. The quantitative estimate of drug-likeness (QED) is 0.842. The molecule has 0 spiro atoms. The van der Waals surface area contributed by atoms with Crippen molar-refractivity contribution in [3.8, 4) is 11.5 Å². The van der Waals surface area contributed by atoms with Crippen molar-refractivity contribution in [2.24, 2.45) is 0 Å². The first-order valence-electron chi connectivity index (χ1n) is 7.20. The van der Waals surface area contributed by atoms with Gasteiger partial charge >= 0.3 is 0 Å². The maximum atomic E-state index is 5.84. The van der Waals surface area contributed by atoms with E-state index < -0.39 is 0 Å². The van der Waals surface area contributed by atoms with E-state index >= 15 is 0 Å².